The van der Waals surface area contributed by atoms with E-state index in [1.54, 1.807) is 36.9 Å². The summed E-state index contributed by atoms with van der Waals surface area (Å²) < 4.78 is 6.90. The lowest BCUT2D eigenvalue weighted by atomic mass is 10.0. The molecular formula is C26H19N3O3S2. The lowest BCUT2D eigenvalue weighted by Crippen LogP contribution is -2.14. The molecular weight excluding hydrogens is 466 g/mol. The summed E-state index contributed by atoms with van der Waals surface area (Å²) in [5.74, 6) is 0.806. The number of carbonyl (C=O) groups is 1. The molecule has 2 aromatic heterocycles. The molecule has 0 fully saturated rings. The maximum Gasteiger partial charge on any atom is 0.261 e. The summed E-state index contributed by atoms with van der Waals surface area (Å²) in [6, 6.07) is 24.4. The van der Waals surface area contributed by atoms with Crippen LogP contribution in [0.2, 0.25) is 0 Å². The van der Waals surface area contributed by atoms with E-state index in [-0.39, 0.29) is 16.6 Å². The van der Waals surface area contributed by atoms with Gasteiger partial charge in [0.1, 0.15) is 5.76 Å². The molecule has 0 bridgehead atoms. The molecule has 1 N–H and O–H groups in total. The molecule has 0 saturated heterocycles. The minimum Gasteiger partial charge on any atom is -0.455 e. The number of thioether (sulfide) groups is 1. The first-order valence-corrected chi connectivity index (χ1v) is 12.3. The highest BCUT2D eigenvalue weighted by Gasteiger charge is 2.19. The van der Waals surface area contributed by atoms with Gasteiger partial charge in [-0.15, -0.1) is 10.2 Å². The molecule has 8 heteroatoms. The van der Waals surface area contributed by atoms with Gasteiger partial charge in [0.15, 0.2) is 15.4 Å². The van der Waals surface area contributed by atoms with Crippen molar-refractivity contribution in [3.05, 3.63) is 106 Å². The standard InChI is InChI=1S/C26H19N3O3S2/c1-16-21(30)19-13-8-14-20(23(19)32-22(16)18-11-6-3-7-12-18)24(31)27-25-28-29-26(34-25)33-15-17-9-4-2-5-10-17/h2-14H,15H2,1H3,(H,27,28,31). The Hall–Kier alpha value is -3.75. The fourth-order valence-corrected chi connectivity index (χ4v) is 5.26. The molecule has 0 aliphatic heterocycles. The Morgan fingerprint density at radius 2 is 1.71 bits per heavy atom. The predicted molar refractivity (Wildman–Crippen MR) is 137 cm³/mol. The number of nitrogens with zero attached hydrogens (tertiary/aromatic N) is 2. The van der Waals surface area contributed by atoms with E-state index < -0.39 is 5.91 Å². The Kier molecular flexibility index (Phi) is 6.24. The highest BCUT2D eigenvalue weighted by Crippen LogP contribution is 2.30. The van der Waals surface area contributed by atoms with Crippen LogP contribution in [-0.2, 0) is 5.75 Å². The molecule has 0 spiro atoms. The van der Waals surface area contributed by atoms with Crippen molar-refractivity contribution in [1.29, 1.82) is 0 Å². The number of carbonyl (C=O) groups excluding carboxylic acids is 1. The third-order valence-corrected chi connectivity index (χ3v) is 7.30. The van der Waals surface area contributed by atoms with Crippen molar-refractivity contribution < 1.29 is 9.21 Å². The lowest BCUT2D eigenvalue weighted by molar-refractivity contribution is 0.102. The Balaban J connectivity index is 1.42. The number of aromatic nitrogens is 2. The van der Waals surface area contributed by atoms with Gasteiger partial charge in [0.2, 0.25) is 5.13 Å². The number of hydrogen-bond donors (Lipinski definition) is 1. The second-order valence-corrected chi connectivity index (χ2v) is 9.74. The van der Waals surface area contributed by atoms with Gasteiger partial charge < -0.3 is 4.42 Å². The van der Waals surface area contributed by atoms with Gasteiger partial charge in [-0.1, -0.05) is 89.8 Å². The molecule has 6 nitrogen and oxygen atoms in total. The molecule has 5 rings (SSSR count). The molecule has 0 unspecified atom stereocenters. The van der Waals surface area contributed by atoms with E-state index >= 15 is 0 Å². The number of nitrogens with one attached hydrogen (secondary N) is 1. The second-order valence-electron chi connectivity index (χ2n) is 7.54. The zero-order valence-corrected chi connectivity index (χ0v) is 19.8. The monoisotopic (exact) mass is 485 g/mol. The first-order chi connectivity index (χ1) is 16.6. The summed E-state index contributed by atoms with van der Waals surface area (Å²) in [5.41, 5.74) is 2.81. The first-order valence-electron chi connectivity index (χ1n) is 10.5. The summed E-state index contributed by atoms with van der Waals surface area (Å²) in [7, 11) is 0. The summed E-state index contributed by atoms with van der Waals surface area (Å²) in [6.45, 7) is 1.73. The number of fused-ring (bicyclic) bond motifs is 1. The topological polar surface area (TPSA) is 85.1 Å². The maximum atomic E-state index is 13.1. The van der Waals surface area contributed by atoms with Crippen molar-refractivity contribution >= 4 is 45.1 Å². The van der Waals surface area contributed by atoms with Crippen LogP contribution in [-0.4, -0.2) is 16.1 Å². The summed E-state index contributed by atoms with van der Waals surface area (Å²) in [4.78, 5) is 26.2. The van der Waals surface area contributed by atoms with Crippen LogP contribution in [0, 0.1) is 6.92 Å². The minimum absolute atomic E-state index is 0.162. The van der Waals surface area contributed by atoms with Gasteiger partial charge in [-0.2, -0.15) is 0 Å². The van der Waals surface area contributed by atoms with E-state index in [9.17, 15) is 9.59 Å². The van der Waals surface area contributed by atoms with Crippen LogP contribution in [0.25, 0.3) is 22.3 Å². The van der Waals surface area contributed by atoms with Gasteiger partial charge in [-0.3, -0.25) is 14.9 Å². The minimum atomic E-state index is -0.410. The smallest absolute Gasteiger partial charge is 0.261 e. The summed E-state index contributed by atoms with van der Waals surface area (Å²) in [5, 5.41) is 11.8. The first kappa shape index (κ1) is 22.1. The van der Waals surface area contributed by atoms with Crippen molar-refractivity contribution in [2.45, 2.75) is 17.0 Å². The molecule has 1 amide bonds. The Labute approximate surface area is 203 Å². The normalized spacial score (nSPS) is 11.0. The van der Waals surface area contributed by atoms with Crippen molar-refractivity contribution in [2.75, 3.05) is 5.32 Å². The SMILES string of the molecule is Cc1c(-c2ccccc2)oc2c(C(=O)Nc3nnc(SCc4ccccc4)s3)cccc2c1=O. The van der Waals surface area contributed by atoms with Crippen molar-refractivity contribution in [3.8, 4) is 11.3 Å². The molecule has 3 aromatic carbocycles. The fourth-order valence-electron chi connectivity index (χ4n) is 3.56. The third kappa shape index (κ3) is 4.50. The van der Waals surface area contributed by atoms with E-state index in [1.807, 2.05) is 48.5 Å². The lowest BCUT2D eigenvalue weighted by Gasteiger charge is -2.10. The van der Waals surface area contributed by atoms with E-state index in [0.29, 0.717) is 21.8 Å². The zero-order chi connectivity index (χ0) is 23.5. The number of anilines is 1. The number of rotatable bonds is 6. The molecule has 0 radical (unpaired) electrons. The largest absolute Gasteiger partial charge is 0.455 e. The maximum absolute atomic E-state index is 13.1. The fraction of sp³-hybridized carbons (Fsp3) is 0.0769. The van der Waals surface area contributed by atoms with Gasteiger partial charge in [-0.25, -0.2) is 0 Å². The molecule has 2 heterocycles. The Morgan fingerprint density at radius 3 is 2.47 bits per heavy atom. The highest BCUT2D eigenvalue weighted by atomic mass is 32.2. The van der Waals surface area contributed by atoms with Crippen LogP contribution in [0.1, 0.15) is 21.5 Å². The molecule has 0 aliphatic carbocycles. The van der Waals surface area contributed by atoms with Crippen molar-refractivity contribution in [1.82, 2.24) is 10.2 Å². The molecule has 0 saturated carbocycles. The van der Waals surface area contributed by atoms with E-state index in [4.69, 9.17) is 4.42 Å². The molecule has 0 atom stereocenters. The zero-order valence-electron chi connectivity index (χ0n) is 18.1. The molecule has 168 valence electrons. The van der Waals surface area contributed by atoms with Crippen molar-refractivity contribution in [2.24, 2.45) is 0 Å². The van der Waals surface area contributed by atoms with Gasteiger partial charge in [0.25, 0.3) is 5.91 Å². The number of amides is 1. The number of benzene rings is 3. The van der Waals surface area contributed by atoms with Gasteiger partial charge in [-0.05, 0) is 24.6 Å². The van der Waals surface area contributed by atoms with Crippen LogP contribution >= 0.6 is 23.1 Å². The van der Waals surface area contributed by atoms with Crippen LogP contribution in [0.5, 0.6) is 0 Å². The predicted octanol–water partition coefficient (Wildman–Crippen LogP) is 6.16. The van der Waals surface area contributed by atoms with Crippen LogP contribution in [0.3, 0.4) is 0 Å². The van der Waals surface area contributed by atoms with E-state index in [2.05, 4.69) is 27.6 Å². The Morgan fingerprint density at radius 1 is 0.971 bits per heavy atom. The quantitative estimate of drug-likeness (QED) is 0.229. The summed E-state index contributed by atoms with van der Waals surface area (Å²) >= 11 is 2.86. The molecule has 34 heavy (non-hydrogen) atoms. The van der Waals surface area contributed by atoms with Gasteiger partial charge in [0.05, 0.1) is 10.9 Å². The van der Waals surface area contributed by atoms with Crippen LogP contribution in [0.4, 0.5) is 5.13 Å². The molecule has 5 aromatic rings. The second kappa shape index (κ2) is 9.62. The third-order valence-electron chi connectivity index (χ3n) is 5.26. The van der Waals surface area contributed by atoms with Crippen molar-refractivity contribution in [3.63, 3.8) is 0 Å². The number of hydrogen-bond acceptors (Lipinski definition) is 7. The Bertz CT molecular complexity index is 1530. The van der Waals surface area contributed by atoms with Crippen LogP contribution < -0.4 is 10.7 Å². The van der Waals surface area contributed by atoms with Gasteiger partial charge in [0, 0.05) is 16.9 Å². The van der Waals surface area contributed by atoms with E-state index in [0.717, 1.165) is 15.7 Å². The van der Waals surface area contributed by atoms with E-state index in [1.165, 1.54) is 16.9 Å². The highest BCUT2D eigenvalue weighted by molar-refractivity contribution is 8.00. The number of para-hydroxylation sites is 1. The molecule has 0 aliphatic rings. The average Bonchev–Trinajstić information content (AvgIpc) is 3.33. The van der Waals surface area contributed by atoms with Crippen LogP contribution in [0.15, 0.2) is 92.4 Å². The average molecular weight is 486 g/mol. The summed E-state index contributed by atoms with van der Waals surface area (Å²) in [6.07, 6.45) is 0. The van der Waals surface area contributed by atoms with Gasteiger partial charge >= 0.3 is 0 Å².